The van der Waals surface area contributed by atoms with Crippen LogP contribution >= 0.6 is 15.9 Å². The summed E-state index contributed by atoms with van der Waals surface area (Å²) in [6, 6.07) is 11.2. The Morgan fingerprint density at radius 2 is 2.05 bits per heavy atom. The van der Waals surface area contributed by atoms with Gasteiger partial charge in [-0.05, 0) is 40.5 Å². The molecule has 0 aliphatic rings. The van der Waals surface area contributed by atoms with Crippen molar-refractivity contribution >= 4 is 15.9 Å². The van der Waals surface area contributed by atoms with E-state index in [-0.39, 0.29) is 0 Å². The lowest BCUT2D eigenvalue weighted by Crippen LogP contribution is -2.06. The van der Waals surface area contributed by atoms with Crippen molar-refractivity contribution in [2.75, 3.05) is 6.61 Å². The molecule has 0 radical (unpaired) electrons. The summed E-state index contributed by atoms with van der Waals surface area (Å²) in [6.45, 7) is 2.68. The van der Waals surface area contributed by atoms with E-state index < -0.39 is 6.10 Å². The number of aromatic nitrogens is 1. The highest BCUT2D eigenvalue weighted by Gasteiger charge is 2.18. The highest BCUT2D eigenvalue weighted by atomic mass is 79.9. The molecule has 1 heterocycles. The second-order valence-corrected chi connectivity index (χ2v) is 5.01. The van der Waals surface area contributed by atoms with Gasteiger partial charge in [0, 0.05) is 16.2 Å². The van der Waals surface area contributed by atoms with Crippen molar-refractivity contribution in [2.24, 2.45) is 0 Å². The fraction of sp³-hybridized carbons (Fsp3) is 0.267. The highest BCUT2D eigenvalue weighted by molar-refractivity contribution is 9.10. The Morgan fingerprint density at radius 3 is 2.79 bits per heavy atom. The third-order valence-electron chi connectivity index (χ3n) is 2.72. The van der Waals surface area contributed by atoms with Gasteiger partial charge in [0.25, 0.3) is 0 Å². The van der Waals surface area contributed by atoms with Gasteiger partial charge in [-0.25, -0.2) is 0 Å². The van der Waals surface area contributed by atoms with Gasteiger partial charge in [0.1, 0.15) is 11.9 Å². The Labute approximate surface area is 121 Å². The molecule has 19 heavy (non-hydrogen) atoms. The fourth-order valence-corrected chi connectivity index (χ4v) is 2.27. The third-order valence-corrected chi connectivity index (χ3v) is 3.39. The molecule has 2 aromatic rings. The minimum Gasteiger partial charge on any atom is -0.493 e. The molecule has 1 aromatic heterocycles. The molecule has 0 aliphatic heterocycles. The second kappa shape index (κ2) is 6.68. The van der Waals surface area contributed by atoms with Crippen LogP contribution < -0.4 is 4.74 Å². The number of nitrogens with zero attached hydrogens (tertiary/aromatic N) is 1. The minimum atomic E-state index is -0.802. The number of para-hydroxylation sites is 1. The molecule has 1 unspecified atom stereocenters. The quantitative estimate of drug-likeness (QED) is 0.912. The second-order valence-electron chi connectivity index (χ2n) is 4.16. The number of pyridine rings is 1. The number of ether oxygens (including phenoxy) is 1. The predicted molar refractivity (Wildman–Crippen MR) is 78.2 cm³/mol. The lowest BCUT2D eigenvalue weighted by Gasteiger charge is -2.16. The summed E-state index contributed by atoms with van der Waals surface area (Å²) in [5.74, 6) is 0.703. The standard InChI is InChI=1S/C15H16BrNO2/c1-2-10-19-13-8-4-3-6-11(13)15(18)14-12(16)7-5-9-17-14/h3-9,15,18H,2,10H2,1H3. The van der Waals surface area contributed by atoms with Gasteiger partial charge in [0.15, 0.2) is 0 Å². The van der Waals surface area contributed by atoms with Crippen LogP contribution in [0.3, 0.4) is 0 Å². The van der Waals surface area contributed by atoms with Crippen molar-refractivity contribution in [1.29, 1.82) is 0 Å². The van der Waals surface area contributed by atoms with E-state index in [1.165, 1.54) is 0 Å². The maximum absolute atomic E-state index is 10.5. The summed E-state index contributed by atoms with van der Waals surface area (Å²) in [4.78, 5) is 4.22. The lowest BCUT2D eigenvalue weighted by atomic mass is 10.0. The van der Waals surface area contributed by atoms with E-state index in [2.05, 4.69) is 20.9 Å². The van der Waals surface area contributed by atoms with Crippen LogP contribution in [0.15, 0.2) is 47.1 Å². The van der Waals surface area contributed by atoms with E-state index in [1.54, 1.807) is 6.20 Å². The van der Waals surface area contributed by atoms with Crippen LogP contribution in [0.4, 0.5) is 0 Å². The largest absolute Gasteiger partial charge is 0.493 e. The van der Waals surface area contributed by atoms with Crippen LogP contribution in [0.5, 0.6) is 5.75 Å². The van der Waals surface area contributed by atoms with E-state index in [9.17, 15) is 5.11 Å². The van der Waals surface area contributed by atoms with Crippen molar-refractivity contribution in [3.05, 3.63) is 58.3 Å². The lowest BCUT2D eigenvalue weighted by molar-refractivity contribution is 0.205. The highest BCUT2D eigenvalue weighted by Crippen LogP contribution is 2.32. The van der Waals surface area contributed by atoms with Crippen molar-refractivity contribution in [2.45, 2.75) is 19.4 Å². The Bertz CT molecular complexity index is 545. The van der Waals surface area contributed by atoms with Crippen molar-refractivity contribution in [3.63, 3.8) is 0 Å². The zero-order chi connectivity index (χ0) is 13.7. The van der Waals surface area contributed by atoms with Gasteiger partial charge in [-0.15, -0.1) is 0 Å². The van der Waals surface area contributed by atoms with E-state index >= 15 is 0 Å². The Balaban J connectivity index is 2.33. The molecule has 0 spiro atoms. The average Bonchev–Trinajstić information content (AvgIpc) is 2.45. The molecule has 2 rings (SSSR count). The smallest absolute Gasteiger partial charge is 0.126 e. The monoisotopic (exact) mass is 321 g/mol. The molecule has 3 nitrogen and oxygen atoms in total. The molecule has 0 amide bonds. The first-order chi connectivity index (χ1) is 9.24. The summed E-state index contributed by atoms with van der Waals surface area (Å²) in [6.07, 6.45) is 1.79. The number of rotatable bonds is 5. The number of hydrogen-bond donors (Lipinski definition) is 1. The van der Waals surface area contributed by atoms with Gasteiger partial charge in [-0.3, -0.25) is 4.98 Å². The van der Waals surface area contributed by atoms with E-state index in [4.69, 9.17) is 4.74 Å². The number of aliphatic hydroxyl groups is 1. The van der Waals surface area contributed by atoms with Crippen LogP contribution in [0.2, 0.25) is 0 Å². The maximum atomic E-state index is 10.5. The summed E-state index contributed by atoms with van der Waals surface area (Å²) < 4.78 is 6.45. The number of benzene rings is 1. The first kappa shape index (κ1) is 14.0. The van der Waals surface area contributed by atoms with Crippen LogP contribution in [0.25, 0.3) is 0 Å². The number of halogens is 1. The normalized spacial score (nSPS) is 12.2. The fourth-order valence-electron chi connectivity index (χ4n) is 1.80. The minimum absolute atomic E-state index is 0.593. The molecule has 0 aliphatic carbocycles. The summed E-state index contributed by atoms with van der Waals surface area (Å²) >= 11 is 3.41. The van der Waals surface area contributed by atoms with Gasteiger partial charge < -0.3 is 9.84 Å². The first-order valence-electron chi connectivity index (χ1n) is 6.24. The SMILES string of the molecule is CCCOc1ccccc1C(O)c1ncccc1Br. The Kier molecular flexibility index (Phi) is 4.93. The molecule has 1 aromatic carbocycles. The summed E-state index contributed by atoms with van der Waals surface area (Å²) in [5, 5.41) is 10.5. The first-order valence-corrected chi connectivity index (χ1v) is 7.03. The topological polar surface area (TPSA) is 42.4 Å². The molecular weight excluding hydrogens is 306 g/mol. The maximum Gasteiger partial charge on any atom is 0.126 e. The van der Waals surface area contributed by atoms with E-state index in [0.717, 1.165) is 16.5 Å². The van der Waals surface area contributed by atoms with Crippen LogP contribution in [0, 0.1) is 0 Å². The number of hydrogen-bond acceptors (Lipinski definition) is 3. The summed E-state index contributed by atoms with van der Waals surface area (Å²) in [5.41, 5.74) is 1.32. The van der Waals surface area contributed by atoms with Gasteiger partial charge in [0.2, 0.25) is 0 Å². The molecular formula is C15H16BrNO2. The van der Waals surface area contributed by atoms with Gasteiger partial charge >= 0.3 is 0 Å². The molecule has 1 atom stereocenters. The molecule has 0 bridgehead atoms. The summed E-state index contributed by atoms with van der Waals surface area (Å²) in [7, 11) is 0. The number of aliphatic hydroxyl groups excluding tert-OH is 1. The predicted octanol–water partition coefficient (Wildman–Crippen LogP) is 3.71. The zero-order valence-electron chi connectivity index (χ0n) is 10.7. The van der Waals surface area contributed by atoms with Crippen molar-refractivity contribution in [3.8, 4) is 5.75 Å². The average molecular weight is 322 g/mol. The Hall–Kier alpha value is -1.39. The molecule has 0 fully saturated rings. The van der Waals surface area contributed by atoms with Gasteiger partial charge in [0.05, 0.1) is 12.3 Å². The molecule has 0 saturated carbocycles. The van der Waals surface area contributed by atoms with Gasteiger partial charge in [-0.2, -0.15) is 0 Å². The van der Waals surface area contributed by atoms with Gasteiger partial charge in [-0.1, -0.05) is 25.1 Å². The van der Waals surface area contributed by atoms with Crippen LogP contribution in [-0.2, 0) is 0 Å². The Morgan fingerprint density at radius 1 is 1.26 bits per heavy atom. The van der Waals surface area contributed by atoms with E-state index in [0.29, 0.717) is 18.1 Å². The molecule has 100 valence electrons. The molecule has 0 saturated heterocycles. The van der Waals surface area contributed by atoms with Crippen molar-refractivity contribution < 1.29 is 9.84 Å². The molecule has 1 N–H and O–H groups in total. The zero-order valence-corrected chi connectivity index (χ0v) is 12.3. The van der Waals surface area contributed by atoms with Crippen LogP contribution in [0.1, 0.15) is 30.7 Å². The van der Waals surface area contributed by atoms with Crippen molar-refractivity contribution in [1.82, 2.24) is 4.98 Å². The molecule has 4 heteroatoms. The van der Waals surface area contributed by atoms with Crippen LogP contribution in [-0.4, -0.2) is 16.7 Å². The third kappa shape index (κ3) is 3.33. The van der Waals surface area contributed by atoms with E-state index in [1.807, 2.05) is 43.3 Å².